The summed E-state index contributed by atoms with van der Waals surface area (Å²) >= 11 is 0. The Hall–Kier alpha value is -8.60. The van der Waals surface area contributed by atoms with E-state index in [0.717, 1.165) is 67.3 Å². The van der Waals surface area contributed by atoms with Crippen molar-refractivity contribution in [2.45, 2.75) is 0 Å². The zero-order valence-electron chi connectivity index (χ0n) is 34.7. The minimum atomic E-state index is 0.915. The number of para-hydroxylation sites is 4. The molecule has 13 rings (SSSR count). The van der Waals surface area contributed by atoms with Crippen LogP contribution >= 0.6 is 0 Å². The summed E-state index contributed by atoms with van der Waals surface area (Å²) in [6.07, 6.45) is 3.74. The van der Waals surface area contributed by atoms with E-state index >= 15 is 0 Å². The summed E-state index contributed by atoms with van der Waals surface area (Å²) in [6, 6.07) is 79.2. The third kappa shape index (κ3) is 5.63. The highest BCUT2D eigenvalue weighted by Crippen LogP contribution is 2.48. The van der Waals surface area contributed by atoms with Crippen molar-refractivity contribution in [3.8, 4) is 45.0 Å². The molecule has 0 fully saturated rings. The summed E-state index contributed by atoms with van der Waals surface area (Å²) in [6.45, 7) is 0. The van der Waals surface area contributed by atoms with Crippen molar-refractivity contribution in [2.75, 3.05) is 0 Å². The van der Waals surface area contributed by atoms with E-state index < -0.39 is 0 Å². The largest absolute Gasteiger partial charge is 0.309 e. The van der Waals surface area contributed by atoms with Gasteiger partial charge in [0, 0.05) is 62.0 Å². The monoisotopic (exact) mass is 814 g/mol. The van der Waals surface area contributed by atoms with Crippen LogP contribution in [0.4, 0.5) is 0 Å². The van der Waals surface area contributed by atoms with Crippen LogP contribution in [0.25, 0.3) is 99.8 Å². The standard InChI is InChI=1S/C60H38N4/c1-3-19-45(20-4-1)63-53-27-9-7-23-47(53)51-37-41(29-31-55(51)63)39-15-11-17-43(35-39)57(58-49-25-13-33-61-59(49)60-50(58)26-14-34-62-60)44-18-12-16-40(36-44)42-30-32-56-52(38-42)48-24-8-10-28-54(48)64(56)46-21-5-2-6-22-46/h1-38H. The van der Waals surface area contributed by atoms with Crippen LogP contribution in [0.1, 0.15) is 22.3 Å². The first-order chi connectivity index (χ1) is 31.8. The number of aromatic nitrogens is 4. The molecule has 298 valence electrons. The molecule has 4 nitrogen and oxygen atoms in total. The van der Waals surface area contributed by atoms with Crippen molar-refractivity contribution in [1.29, 1.82) is 0 Å². The molecule has 4 aromatic heterocycles. The summed E-state index contributed by atoms with van der Waals surface area (Å²) in [7, 11) is 0. The van der Waals surface area contributed by atoms with Crippen LogP contribution < -0.4 is 0 Å². The van der Waals surface area contributed by atoms with E-state index in [4.69, 9.17) is 9.97 Å². The molecule has 0 N–H and O–H groups in total. The fourth-order valence-electron chi connectivity index (χ4n) is 10.2. The van der Waals surface area contributed by atoms with Gasteiger partial charge in [0.15, 0.2) is 0 Å². The minimum absolute atomic E-state index is 0.915. The third-order valence-corrected chi connectivity index (χ3v) is 13.0. The second kappa shape index (κ2) is 14.5. The van der Waals surface area contributed by atoms with Crippen LogP contribution in [0.2, 0.25) is 0 Å². The van der Waals surface area contributed by atoms with E-state index in [-0.39, 0.29) is 0 Å². The Balaban J connectivity index is 1.00. The molecule has 0 saturated carbocycles. The van der Waals surface area contributed by atoms with E-state index in [0.29, 0.717) is 0 Å². The van der Waals surface area contributed by atoms with E-state index in [2.05, 4.69) is 215 Å². The zero-order valence-corrected chi connectivity index (χ0v) is 34.7. The number of nitrogens with zero attached hydrogens (tertiary/aromatic N) is 4. The van der Waals surface area contributed by atoms with Gasteiger partial charge in [-0.15, -0.1) is 0 Å². The minimum Gasteiger partial charge on any atom is -0.309 e. The normalized spacial score (nSPS) is 12.0. The van der Waals surface area contributed by atoms with Crippen LogP contribution in [0.15, 0.2) is 231 Å². The van der Waals surface area contributed by atoms with Gasteiger partial charge in [-0.25, -0.2) is 0 Å². The van der Waals surface area contributed by atoms with Gasteiger partial charge in [0.05, 0.1) is 33.5 Å². The Kier molecular flexibility index (Phi) is 8.18. The smallest absolute Gasteiger partial charge is 0.0971 e. The maximum atomic E-state index is 4.91. The van der Waals surface area contributed by atoms with Gasteiger partial charge in [-0.05, 0) is 124 Å². The quantitative estimate of drug-likeness (QED) is 0.168. The molecule has 0 atom stereocenters. The van der Waals surface area contributed by atoms with Crippen molar-refractivity contribution >= 4 is 54.8 Å². The number of rotatable bonds is 6. The average Bonchev–Trinajstić information content (AvgIpc) is 4.00. The molecule has 0 saturated heterocycles. The molecule has 0 amide bonds. The lowest BCUT2D eigenvalue weighted by Gasteiger charge is -2.17. The Morgan fingerprint density at radius 3 is 1.22 bits per heavy atom. The Morgan fingerprint density at radius 2 is 0.734 bits per heavy atom. The van der Waals surface area contributed by atoms with Crippen LogP contribution in [-0.4, -0.2) is 19.1 Å². The van der Waals surface area contributed by atoms with Gasteiger partial charge < -0.3 is 9.13 Å². The van der Waals surface area contributed by atoms with Gasteiger partial charge in [0.25, 0.3) is 0 Å². The van der Waals surface area contributed by atoms with Gasteiger partial charge >= 0.3 is 0 Å². The highest BCUT2D eigenvalue weighted by molar-refractivity contribution is 6.14. The molecule has 8 aromatic carbocycles. The molecule has 0 aliphatic heterocycles. The molecule has 0 spiro atoms. The van der Waals surface area contributed by atoms with E-state index in [1.54, 1.807) is 0 Å². The van der Waals surface area contributed by atoms with Gasteiger partial charge in [0.2, 0.25) is 0 Å². The number of hydrogen-bond donors (Lipinski definition) is 0. The molecule has 64 heavy (non-hydrogen) atoms. The van der Waals surface area contributed by atoms with E-state index in [9.17, 15) is 0 Å². The van der Waals surface area contributed by atoms with Crippen molar-refractivity contribution in [3.63, 3.8) is 0 Å². The van der Waals surface area contributed by atoms with Gasteiger partial charge in [-0.1, -0.05) is 133 Å². The summed E-state index contributed by atoms with van der Waals surface area (Å²) in [5.74, 6) is 0. The zero-order chi connectivity index (χ0) is 42.1. The molecular weight excluding hydrogens is 777 g/mol. The SMILES string of the molecule is c1ccc(-n2c3ccccc3c3cc(-c4cccc(C(=C5c6cccnc6-c6ncccc65)c5cccc(-c6ccc7c(c6)c6ccccc6n7-c6ccccc6)c5)c4)ccc32)cc1. The van der Waals surface area contributed by atoms with Crippen molar-refractivity contribution in [2.24, 2.45) is 0 Å². The number of hydrogen-bond acceptors (Lipinski definition) is 2. The van der Waals surface area contributed by atoms with Crippen LogP contribution in [-0.2, 0) is 0 Å². The molecular formula is C60H38N4. The average molecular weight is 815 g/mol. The van der Waals surface area contributed by atoms with Crippen molar-refractivity contribution in [3.05, 3.63) is 253 Å². The number of fused-ring (bicyclic) bond motifs is 9. The molecule has 12 aromatic rings. The molecule has 1 aliphatic carbocycles. The fraction of sp³-hybridized carbons (Fsp3) is 0. The number of benzene rings is 8. The molecule has 1 aliphatic rings. The highest BCUT2D eigenvalue weighted by Gasteiger charge is 2.29. The molecule has 4 heteroatoms. The van der Waals surface area contributed by atoms with Gasteiger partial charge in [0.1, 0.15) is 0 Å². The second-order valence-corrected chi connectivity index (χ2v) is 16.6. The Bertz CT molecular complexity index is 3580. The maximum absolute atomic E-state index is 4.91. The highest BCUT2D eigenvalue weighted by atomic mass is 15.0. The van der Waals surface area contributed by atoms with Crippen LogP contribution in [0, 0.1) is 0 Å². The molecule has 4 heterocycles. The van der Waals surface area contributed by atoms with Crippen LogP contribution in [0.3, 0.4) is 0 Å². The lowest BCUT2D eigenvalue weighted by Crippen LogP contribution is -1.96. The lowest BCUT2D eigenvalue weighted by molar-refractivity contribution is 1.18. The molecule has 0 unspecified atom stereocenters. The predicted molar refractivity (Wildman–Crippen MR) is 265 cm³/mol. The first-order valence-corrected chi connectivity index (χ1v) is 21.8. The fourth-order valence-corrected chi connectivity index (χ4v) is 10.2. The first-order valence-electron chi connectivity index (χ1n) is 21.8. The summed E-state index contributed by atoms with van der Waals surface area (Å²) in [5.41, 5.74) is 20.3. The molecule has 0 bridgehead atoms. The van der Waals surface area contributed by atoms with Gasteiger partial charge in [-0.2, -0.15) is 0 Å². The maximum Gasteiger partial charge on any atom is 0.0971 e. The summed E-state index contributed by atoms with van der Waals surface area (Å²) in [5, 5.41) is 4.93. The topological polar surface area (TPSA) is 35.6 Å². The summed E-state index contributed by atoms with van der Waals surface area (Å²) in [4.78, 5) is 9.81. The van der Waals surface area contributed by atoms with E-state index in [1.165, 1.54) is 54.7 Å². The Morgan fingerprint density at radius 1 is 0.312 bits per heavy atom. The van der Waals surface area contributed by atoms with Crippen LogP contribution in [0.5, 0.6) is 0 Å². The molecule has 0 radical (unpaired) electrons. The lowest BCUT2D eigenvalue weighted by atomic mass is 9.86. The van der Waals surface area contributed by atoms with Crippen molar-refractivity contribution < 1.29 is 0 Å². The summed E-state index contributed by atoms with van der Waals surface area (Å²) < 4.78 is 4.74. The van der Waals surface area contributed by atoms with Crippen molar-refractivity contribution in [1.82, 2.24) is 19.1 Å². The van der Waals surface area contributed by atoms with Gasteiger partial charge in [-0.3, -0.25) is 9.97 Å². The first kappa shape index (κ1) is 36.1. The second-order valence-electron chi connectivity index (χ2n) is 16.6. The predicted octanol–water partition coefficient (Wildman–Crippen LogP) is 15.0. The Labute approximate surface area is 370 Å². The van der Waals surface area contributed by atoms with E-state index in [1.807, 2.05) is 24.5 Å². The third-order valence-electron chi connectivity index (χ3n) is 13.0. The number of pyridine rings is 2.